The number of aromatic nitrogens is 2. The third-order valence-electron chi connectivity index (χ3n) is 5.74. The fourth-order valence-electron chi connectivity index (χ4n) is 3.81. The Morgan fingerprint density at radius 1 is 0.727 bits per heavy atom. The van der Waals surface area contributed by atoms with Crippen LogP contribution in [0, 0.1) is 0 Å². The Labute approximate surface area is 206 Å². The molecular weight excluding hydrogens is 456 g/mol. The highest BCUT2D eigenvalue weighted by molar-refractivity contribution is 7.91. The van der Waals surface area contributed by atoms with Crippen molar-refractivity contribution in [2.45, 2.75) is 134 Å². The molecule has 192 valence electrons. The van der Waals surface area contributed by atoms with Gasteiger partial charge in [-0.1, -0.05) is 127 Å². The van der Waals surface area contributed by atoms with Crippen LogP contribution in [0.15, 0.2) is 4.34 Å². The first-order chi connectivity index (χ1) is 16.0. The summed E-state index contributed by atoms with van der Waals surface area (Å²) in [4.78, 5) is 11.0. The molecule has 0 saturated carbocycles. The van der Waals surface area contributed by atoms with Gasteiger partial charge in [0.15, 0.2) is 0 Å². The lowest BCUT2D eigenvalue weighted by atomic mass is 10.0. The van der Waals surface area contributed by atoms with Crippen LogP contribution in [0.3, 0.4) is 0 Å². The van der Waals surface area contributed by atoms with Crippen LogP contribution in [0.4, 0.5) is 5.13 Å². The minimum Gasteiger partial charge on any atom is -0.301 e. The summed E-state index contributed by atoms with van der Waals surface area (Å²) in [7, 11) is -3.65. The number of sulfonamides is 1. The number of carbonyl (C=O) groups excluding carboxylic acids is 1. The molecule has 0 radical (unpaired) electrons. The second-order valence-electron chi connectivity index (χ2n) is 8.96. The molecule has 0 unspecified atom stereocenters. The van der Waals surface area contributed by atoms with Crippen LogP contribution in [0.1, 0.15) is 129 Å². The van der Waals surface area contributed by atoms with E-state index in [4.69, 9.17) is 0 Å². The van der Waals surface area contributed by atoms with Crippen molar-refractivity contribution >= 4 is 32.4 Å². The van der Waals surface area contributed by atoms with Crippen LogP contribution in [0.25, 0.3) is 0 Å². The Hall–Kier alpha value is -1.06. The summed E-state index contributed by atoms with van der Waals surface area (Å²) < 4.78 is 26.8. The second kappa shape index (κ2) is 19.3. The third kappa shape index (κ3) is 16.2. The van der Waals surface area contributed by atoms with Crippen molar-refractivity contribution in [3.8, 4) is 0 Å². The molecule has 0 aromatic carbocycles. The maximum Gasteiger partial charge on any atom is 0.269 e. The number of anilines is 1. The van der Waals surface area contributed by atoms with E-state index in [9.17, 15) is 13.2 Å². The van der Waals surface area contributed by atoms with Crippen LogP contribution < -0.4 is 10.0 Å². The van der Waals surface area contributed by atoms with E-state index >= 15 is 0 Å². The largest absolute Gasteiger partial charge is 0.301 e. The number of hydrogen-bond donors (Lipinski definition) is 2. The lowest BCUT2D eigenvalue weighted by molar-refractivity contribution is -0.114. The summed E-state index contributed by atoms with van der Waals surface area (Å²) in [6.07, 6.45) is 23.6. The van der Waals surface area contributed by atoms with E-state index in [1.54, 1.807) is 0 Å². The Morgan fingerprint density at radius 3 is 1.58 bits per heavy atom. The summed E-state index contributed by atoms with van der Waals surface area (Å²) in [5.41, 5.74) is 0. The zero-order valence-corrected chi connectivity index (χ0v) is 22.5. The minimum absolute atomic E-state index is 0.117. The van der Waals surface area contributed by atoms with Crippen LogP contribution in [-0.4, -0.2) is 31.1 Å². The standard InChI is InChI=1S/C24H46N4O3S2/c1-3-4-5-6-7-8-9-10-11-12-13-14-15-16-17-18-19-20-21-25-33(30,31)24-28-27-23(32-24)26-22(2)29/h25H,3-21H2,1-2H3,(H,26,27,29). The summed E-state index contributed by atoms with van der Waals surface area (Å²) >= 11 is 0.854. The lowest BCUT2D eigenvalue weighted by Gasteiger charge is -2.05. The van der Waals surface area contributed by atoms with Gasteiger partial charge in [-0.2, -0.15) is 0 Å². The molecule has 7 nitrogen and oxygen atoms in total. The first kappa shape index (κ1) is 30.0. The quantitative estimate of drug-likeness (QED) is 0.134. The predicted molar refractivity (Wildman–Crippen MR) is 138 cm³/mol. The van der Waals surface area contributed by atoms with Crippen molar-refractivity contribution in [1.82, 2.24) is 14.9 Å². The van der Waals surface area contributed by atoms with Crippen LogP contribution in [0.2, 0.25) is 0 Å². The van der Waals surface area contributed by atoms with Crippen LogP contribution in [0.5, 0.6) is 0 Å². The molecule has 33 heavy (non-hydrogen) atoms. The summed E-state index contributed by atoms with van der Waals surface area (Å²) in [6, 6.07) is 0. The van der Waals surface area contributed by atoms with E-state index in [1.165, 1.54) is 103 Å². The van der Waals surface area contributed by atoms with Gasteiger partial charge in [-0.15, -0.1) is 10.2 Å². The number of unbranched alkanes of at least 4 members (excludes halogenated alkanes) is 17. The van der Waals surface area contributed by atoms with Gasteiger partial charge < -0.3 is 5.32 Å². The molecule has 9 heteroatoms. The van der Waals surface area contributed by atoms with E-state index in [2.05, 4.69) is 27.2 Å². The molecule has 0 aliphatic carbocycles. The molecule has 0 fully saturated rings. The van der Waals surface area contributed by atoms with Gasteiger partial charge in [0.05, 0.1) is 0 Å². The zero-order chi connectivity index (χ0) is 24.2. The van der Waals surface area contributed by atoms with Gasteiger partial charge >= 0.3 is 0 Å². The molecule has 1 rings (SSSR count). The van der Waals surface area contributed by atoms with Crippen LogP contribution >= 0.6 is 11.3 Å². The average molecular weight is 503 g/mol. The SMILES string of the molecule is CCCCCCCCCCCCCCCCCCCCNS(=O)(=O)c1nnc(NC(C)=O)s1. The van der Waals surface area contributed by atoms with Crippen molar-refractivity contribution in [2.24, 2.45) is 0 Å². The zero-order valence-electron chi connectivity index (χ0n) is 20.9. The third-order valence-corrected chi connectivity index (χ3v) is 8.41. The van der Waals surface area contributed by atoms with Crippen molar-refractivity contribution in [3.63, 3.8) is 0 Å². The first-order valence-electron chi connectivity index (χ1n) is 13.1. The molecule has 0 saturated heterocycles. The van der Waals surface area contributed by atoms with Gasteiger partial charge in [0.2, 0.25) is 15.4 Å². The minimum atomic E-state index is -3.65. The Bertz CT molecular complexity index is 723. The molecule has 0 aliphatic rings. The van der Waals surface area contributed by atoms with Gasteiger partial charge in [-0.25, -0.2) is 13.1 Å². The number of nitrogens with one attached hydrogen (secondary N) is 2. The molecule has 1 amide bonds. The fourth-order valence-corrected chi connectivity index (χ4v) is 5.88. The Balaban J connectivity index is 1.87. The highest BCUT2D eigenvalue weighted by Gasteiger charge is 2.19. The van der Waals surface area contributed by atoms with E-state index < -0.39 is 10.0 Å². The van der Waals surface area contributed by atoms with Crippen molar-refractivity contribution in [1.29, 1.82) is 0 Å². The van der Waals surface area contributed by atoms with Gasteiger partial charge in [0.25, 0.3) is 10.0 Å². The maximum atomic E-state index is 12.2. The normalized spacial score (nSPS) is 11.7. The van der Waals surface area contributed by atoms with E-state index in [0.717, 1.165) is 30.6 Å². The fraction of sp³-hybridized carbons (Fsp3) is 0.875. The number of amides is 1. The van der Waals surface area contributed by atoms with Gasteiger partial charge in [0, 0.05) is 13.5 Å². The van der Waals surface area contributed by atoms with Gasteiger partial charge in [0.1, 0.15) is 0 Å². The Morgan fingerprint density at radius 2 is 1.15 bits per heavy atom. The predicted octanol–water partition coefficient (Wildman–Crippen LogP) is 6.82. The number of carbonyl (C=O) groups is 1. The smallest absolute Gasteiger partial charge is 0.269 e. The maximum absolute atomic E-state index is 12.2. The number of rotatable bonds is 22. The molecule has 2 N–H and O–H groups in total. The lowest BCUT2D eigenvalue weighted by Crippen LogP contribution is -2.24. The highest BCUT2D eigenvalue weighted by atomic mass is 32.2. The van der Waals surface area contributed by atoms with Gasteiger partial charge in [-0.05, 0) is 6.42 Å². The van der Waals surface area contributed by atoms with E-state index in [0.29, 0.717) is 6.54 Å². The molecule has 1 aromatic rings. The van der Waals surface area contributed by atoms with Crippen molar-refractivity contribution < 1.29 is 13.2 Å². The monoisotopic (exact) mass is 502 g/mol. The van der Waals surface area contributed by atoms with Crippen molar-refractivity contribution in [3.05, 3.63) is 0 Å². The summed E-state index contributed by atoms with van der Waals surface area (Å²) in [5, 5.41) is 9.95. The summed E-state index contributed by atoms with van der Waals surface area (Å²) in [5.74, 6) is -0.304. The molecule has 0 bridgehead atoms. The van der Waals surface area contributed by atoms with Crippen LogP contribution in [-0.2, 0) is 14.8 Å². The highest BCUT2D eigenvalue weighted by Crippen LogP contribution is 2.19. The molecule has 0 aliphatic heterocycles. The molecule has 1 heterocycles. The van der Waals surface area contributed by atoms with E-state index in [1.807, 2.05) is 0 Å². The first-order valence-corrected chi connectivity index (χ1v) is 15.4. The number of hydrogen-bond acceptors (Lipinski definition) is 6. The molecule has 0 atom stereocenters. The summed E-state index contributed by atoms with van der Waals surface area (Å²) in [6.45, 7) is 4.01. The molecule has 1 aromatic heterocycles. The second-order valence-corrected chi connectivity index (χ2v) is 11.9. The molecular formula is C24H46N4O3S2. The average Bonchev–Trinajstić information content (AvgIpc) is 3.24. The van der Waals surface area contributed by atoms with Crippen molar-refractivity contribution in [2.75, 3.05) is 11.9 Å². The van der Waals surface area contributed by atoms with E-state index in [-0.39, 0.29) is 15.4 Å². The number of nitrogens with zero attached hydrogens (tertiary/aromatic N) is 2. The van der Waals surface area contributed by atoms with Gasteiger partial charge in [-0.3, -0.25) is 4.79 Å². The Kier molecular flexibility index (Phi) is 17.5. The molecule has 0 spiro atoms. The topological polar surface area (TPSA) is 101 Å².